The first kappa shape index (κ1) is 20.1. The third kappa shape index (κ3) is 3.83. The van der Waals surface area contributed by atoms with E-state index in [4.69, 9.17) is 4.74 Å². The number of hydrogen-bond acceptors (Lipinski definition) is 5. The molecular formula is C24H26N4O2S. The zero-order valence-electron chi connectivity index (χ0n) is 18.0. The van der Waals surface area contributed by atoms with Crippen molar-refractivity contribution < 1.29 is 9.53 Å². The maximum absolute atomic E-state index is 13.3. The molecule has 1 N–H and O–H groups in total. The number of carbonyl (C=O) groups is 1. The van der Waals surface area contributed by atoms with E-state index in [0.29, 0.717) is 19.7 Å². The number of benzene rings is 2. The molecule has 3 aromatic rings. The van der Waals surface area contributed by atoms with E-state index >= 15 is 0 Å². The van der Waals surface area contributed by atoms with E-state index in [-0.39, 0.29) is 16.5 Å². The molecule has 0 radical (unpaired) electrons. The summed E-state index contributed by atoms with van der Waals surface area (Å²) in [6.07, 6.45) is 0.946. The van der Waals surface area contributed by atoms with Gasteiger partial charge in [-0.3, -0.25) is 9.79 Å². The van der Waals surface area contributed by atoms with Gasteiger partial charge >= 0.3 is 0 Å². The van der Waals surface area contributed by atoms with Gasteiger partial charge in [-0.05, 0) is 55.7 Å². The van der Waals surface area contributed by atoms with Crippen molar-refractivity contribution in [2.24, 2.45) is 4.99 Å². The third-order valence-electron chi connectivity index (χ3n) is 5.88. The summed E-state index contributed by atoms with van der Waals surface area (Å²) in [5, 5.41) is 0.0119. The Balaban J connectivity index is 1.42. The molecule has 0 saturated carbocycles. The maximum Gasteiger partial charge on any atom is 0.241 e. The van der Waals surface area contributed by atoms with Crippen molar-refractivity contribution in [1.82, 2.24) is 14.9 Å². The number of aromatic nitrogens is 2. The molecule has 0 fully saturated rings. The number of fused-ring (bicyclic) bond motifs is 2. The van der Waals surface area contributed by atoms with Crippen molar-refractivity contribution in [3.05, 3.63) is 47.8 Å². The molecule has 1 aromatic heterocycles. The van der Waals surface area contributed by atoms with Crippen molar-refractivity contribution in [2.75, 3.05) is 13.2 Å². The van der Waals surface area contributed by atoms with Crippen LogP contribution in [0.2, 0.25) is 0 Å². The highest BCUT2D eigenvalue weighted by molar-refractivity contribution is 8.02. The van der Waals surface area contributed by atoms with E-state index in [1.54, 1.807) is 11.8 Å². The molecule has 2 aliphatic rings. The van der Waals surface area contributed by atoms with Gasteiger partial charge in [-0.1, -0.05) is 19.1 Å². The summed E-state index contributed by atoms with van der Waals surface area (Å²) in [5.41, 5.74) is 6.17. The predicted octanol–water partition coefficient (Wildman–Crippen LogP) is 4.57. The summed E-state index contributed by atoms with van der Waals surface area (Å²) in [5.74, 6) is 1.90. The van der Waals surface area contributed by atoms with Gasteiger partial charge in [-0.2, -0.15) is 0 Å². The standard InChI is InChI=1S/C24H26N4O2S/c1-4-22-25-14(2)23(31-22)24(29)28-9-10-30-21-8-6-16(11-18(21)13-28)17-5-7-19-20(12-17)27-15(3)26-19/h5-8,11-12,22-23H,4,9-10,13H2,1-3H3,(H,26,27). The minimum absolute atomic E-state index is 0.137. The van der Waals surface area contributed by atoms with Crippen LogP contribution in [0.25, 0.3) is 22.2 Å². The Hall–Kier alpha value is -2.80. The average molecular weight is 435 g/mol. The average Bonchev–Trinajstić information content (AvgIpc) is 3.25. The van der Waals surface area contributed by atoms with E-state index in [9.17, 15) is 4.79 Å². The number of nitrogens with one attached hydrogen (secondary N) is 1. The number of nitrogens with zero attached hydrogens (tertiary/aromatic N) is 3. The highest BCUT2D eigenvalue weighted by Crippen LogP contribution is 2.34. The zero-order chi connectivity index (χ0) is 21.5. The molecule has 0 spiro atoms. The second kappa shape index (κ2) is 8.04. The minimum Gasteiger partial charge on any atom is -0.491 e. The zero-order valence-corrected chi connectivity index (χ0v) is 18.8. The third-order valence-corrected chi connectivity index (χ3v) is 7.45. The van der Waals surface area contributed by atoms with Gasteiger partial charge in [0.05, 0.1) is 23.0 Å². The summed E-state index contributed by atoms with van der Waals surface area (Å²) in [6, 6.07) is 12.5. The van der Waals surface area contributed by atoms with Gasteiger partial charge in [0.2, 0.25) is 5.91 Å². The quantitative estimate of drug-likeness (QED) is 0.655. The van der Waals surface area contributed by atoms with Gasteiger partial charge in [-0.25, -0.2) is 4.98 Å². The number of hydrogen-bond donors (Lipinski definition) is 1. The normalized spacial score (nSPS) is 20.9. The van der Waals surface area contributed by atoms with Crippen LogP contribution >= 0.6 is 11.8 Å². The first-order valence-corrected chi connectivity index (χ1v) is 11.7. The van der Waals surface area contributed by atoms with Crippen LogP contribution in [0.5, 0.6) is 5.75 Å². The number of amides is 1. The monoisotopic (exact) mass is 434 g/mol. The Morgan fingerprint density at radius 3 is 2.84 bits per heavy atom. The Bertz CT molecular complexity index is 1190. The molecule has 2 aliphatic heterocycles. The van der Waals surface area contributed by atoms with Gasteiger partial charge in [0.25, 0.3) is 0 Å². The molecule has 31 heavy (non-hydrogen) atoms. The van der Waals surface area contributed by atoms with Crippen molar-refractivity contribution in [3.63, 3.8) is 0 Å². The molecule has 2 atom stereocenters. The van der Waals surface area contributed by atoms with E-state index in [1.807, 2.05) is 30.9 Å². The first-order valence-electron chi connectivity index (χ1n) is 10.7. The summed E-state index contributed by atoms with van der Waals surface area (Å²) in [6.45, 7) is 7.68. The molecule has 0 aliphatic carbocycles. The first-order chi connectivity index (χ1) is 15.0. The van der Waals surface area contributed by atoms with Crippen LogP contribution in [-0.2, 0) is 11.3 Å². The molecule has 160 valence electrons. The van der Waals surface area contributed by atoms with Crippen molar-refractivity contribution in [1.29, 1.82) is 0 Å². The summed E-state index contributed by atoms with van der Waals surface area (Å²) >= 11 is 1.67. The molecule has 0 bridgehead atoms. The van der Waals surface area contributed by atoms with E-state index < -0.39 is 0 Å². The van der Waals surface area contributed by atoms with Crippen LogP contribution in [0.1, 0.15) is 31.7 Å². The second-order valence-corrected chi connectivity index (χ2v) is 9.42. The van der Waals surface area contributed by atoms with Crippen LogP contribution in [0.3, 0.4) is 0 Å². The van der Waals surface area contributed by atoms with Gasteiger partial charge in [-0.15, -0.1) is 11.8 Å². The summed E-state index contributed by atoms with van der Waals surface area (Å²) in [4.78, 5) is 27.7. The number of rotatable bonds is 3. The number of ether oxygens (including phenoxy) is 1. The lowest BCUT2D eigenvalue weighted by atomic mass is 10.0. The second-order valence-electron chi connectivity index (χ2n) is 8.13. The molecule has 2 unspecified atom stereocenters. The topological polar surface area (TPSA) is 70.6 Å². The lowest BCUT2D eigenvalue weighted by Crippen LogP contribution is -2.40. The number of aryl methyl sites for hydroxylation is 1. The van der Waals surface area contributed by atoms with E-state index in [2.05, 4.69) is 46.1 Å². The minimum atomic E-state index is -0.180. The van der Waals surface area contributed by atoms with Crippen molar-refractivity contribution >= 4 is 34.4 Å². The molecule has 5 rings (SSSR count). The lowest BCUT2D eigenvalue weighted by Gasteiger charge is -2.23. The number of aliphatic imine (C=N–C) groups is 1. The number of carbonyl (C=O) groups excluding carboxylic acids is 1. The molecule has 1 amide bonds. The molecule has 6 nitrogen and oxygen atoms in total. The predicted molar refractivity (Wildman–Crippen MR) is 126 cm³/mol. The van der Waals surface area contributed by atoms with Gasteiger partial charge < -0.3 is 14.6 Å². The van der Waals surface area contributed by atoms with Crippen molar-refractivity contribution in [3.8, 4) is 16.9 Å². The van der Waals surface area contributed by atoms with Gasteiger partial charge in [0.15, 0.2) is 0 Å². The number of aromatic amines is 1. The Morgan fingerprint density at radius 1 is 1.23 bits per heavy atom. The molecule has 7 heteroatoms. The smallest absolute Gasteiger partial charge is 0.241 e. The Kier molecular flexibility index (Phi) is 5.22. The maximum atomic E-state index is 13.3. The molecule has 0 saturated heterocycles. The van der Waals surface area contributed by atoms with E-state index in [1.165, 1.54) is 0 Å². The van der Waals surface area contributed by atoms with Crippen molar-refractivity contribution in [2.45, 2.75) is 44.4 Å². The SMILES string of the molecule is CCC1N=C(C)C(C(=O)N2CCOc3ccc(-c4ccc5nc(C)[nH]c5c4)cc3C2)S1. The van der Waals surface area contributed by atoms with Crippen LogP contribution in [0, 0.1) is 6.92 Å². The van der Waals surface area contributed by atoms with E-state index in [0.717, 1.165) is 51.4 Å². The number of imidazole rings is 1. The van der Waals surface area contributed by atoms with Crippen LogP contribution in [-0.4, -0.2) is 50.3 Å². The summed E-state index contributed by atoms with van der Waals surface area (Å²) in [7, 11) is 0. The molecule has 2 aromatic carbocycles. The number of thioether (sulfide) groups is 1. The van der Waals surface area contributed by atoms with Gasteiger partial charge in [0.1, 0.15) is 23.4 Å². The highest BCUT2D eigenvalue weighted by Gasteiger charge is 2.35. The molecular weight excluding hydrogens is 408 g/mol. The largest absolute Gasteiger partial charge is 0.491 e. The van der Waals surface area contributed by atoms with Crippen LogP contribution < -0.4 is 4.74 Å². The lowest BCUT2D eigenvalue weighted by molar-refractivity contribution is -0.130. The fourth-order valence-corrected chi connectivity index (χ4v) is 5.51. The Labute approximate surface area is 186 Å². The number of H-pyrrole nitrogens is 1. The van der Waals surface area contributed by atoms with Gasteiger partial charge in [0, 0.05) is 17.8 Å². The van der Waals surface area contributed by atoms with Crippen LogP contribution in [0.15, 0.2) is 41.4 Å². The highest BCUT2D eigenvalue weighted by atomic mass is 32.2. The fraction of sp³-hybridized carbons (Fsp3) is 0.375. The van der Waals surface area contributed by atoms with Crippen LogP contribution in [0.4, 0.5) is 0 Å². The summed E-state index contributed by atoms with van der Waals surface area (Å²) < 4.78 is 5.98. The molecule has 3 heterocycles. The fourth-order valence-electron chi connectivity index (χ4n) is 4.25. The Morgan fingerprint density at radius 2 is 2.03 bits per heavy atom.